The van der Waals surface area contributed by atoms with E-state index in [9.17, 15) is 4.79 Å². The van der Waals surface area contributed by atoms with E-state index in [0.717, 1.165) is 30.9 Å². The lowest BCUT2D eigenvalue weighted by atomic mass is 10.2. The minimum atomic E-state index is -0.0317. The number of aryl methyl sites for hydroxylation is 1. The predicted octanol–water partition coefficient (Wildman–Crippen LogP) is 1.63. The number of hydrogen-bond donors (Lipinski definition) is 2. The molecule has 1 unspecified atom stereocenters. The van der Waals surface area contributed by atoms with E-state index in [4.69, 9.17) is 4.74 Å². The number of ether oxygens (including phenoxy) is 1. The molecule has 1 aliphatic heterocycles. The fourth-order valence-corrected chi connectivity index (χ4v) is 3.03. The molecule has 1 aromatic heterocycles. The maximum atomic E-state index is 11.8. The van der Waals surface area contributed by atoms with Crippen molar-refractivity contribution in [2.24, 2.45) is 4.99 Å². The Hall–Kier alpha value is -0.940. The highest BCUT2D eigenvalue weighted by Gasteiger charge is 2.16. The lowest BCUT2D eigenvalue weighted by Gasteiger charge is -2.15. The van der Waals surface area contributed by atoms with Gasteiger partial charge in [0, 0.05) is 38.3 Å². The van der Waals surface area contributed by atoms with Crippen LogP contribution in [0.3, 0.4) is 0 Å². The second-order valence-corrected chi connectivity index (χ2v) is 7.10. The molecule has 0 spiro atoms. The summed E-state index contributed by atoms with van der Waals surface area (Å²) >= 11 is 1.69. The molecule has 1 aliphatic rings. The molecule has 9 heteroatoms. The van der Waals surface area contributed by atoms with Gasteiger partial charge < -0.3 is 20.3 Å². The van der Waals surface area contributed by atoms with Crippen molar-refractivity contribution in [3.05, 3.63) is 16.1 Å². The van der Waals surface area contributed by atoms with Crippen molar-refractivity contribution in [1.82, 2.24) is 20.5 Å². The van der Waals surface area contributed by atoms with Crippen LogP contribution in [-0.4, -0.2) is 61.6 Å². The SMILES string of the molecule is CCc1cnc(CNC(=NCC(=O)N(C)C)NCC2CCCO2)s1.I. The summed E-state index contributed by atoms with van der Waals surface area (Å²) in [5.41, 5.74) is 0. The van der Waals surface area contributed by atoms with E-state index in [1.165, 1.54) is 9.78 Å². The van der Waals surface area contributed by atoms with E-state index >= 15 is 0 Å². The fraction of sp³-hybridized carbons (Fsp3) is 0.688. The van der Waals surface area contributed by atoms with Crippen LogP contribution in [0.15, 0.2) is 11.2 Å². The van der Waals surface area contributed by atoms with Crippen LogP contribution >= 0.6 is 35.3 Å². The third kappa shape index (κ3) is 7.87. The molecule has 0 saturated carbocycles. The smallest absolute Gasteiger partial charge is 0.243 e. The number of aliphatic imine (C=N–C) groups is 1. The number of thiazole rings is 1. The molecule has 1 saturated heterocycles. The van der Waals surface area contributed by atoms with Gasteiger partial charge >= 0.3 is 0 Å². The monoisotopic (exact) mass is 481 g/mol. The molecule has 1 atom stereocenters. The molecule has 142 valence electrons. The van der Waals surface area contributed by atoms with Crippen LogP contribution in [-0.2, 0) is 22.5 Å². The average Bonchev–Trinajstić information content (AvgIpc) is 3.25. The van der Waals surface area contributed by atoms with E-state index < -0.39 is 0 Å². The normalized spacial score (nSPS) is 17.1. The average molecular weight is 481 g/mol. The zero-order valence-corrected chi connectivity index (χ0v) is 18.2. The number of aromatic nitrogens is 1. The summed E-state index contributed by atoms with van der Waals surface area (Å²) in [6, 6.07) is 0. The second-order valence-electron chi connectivity index (χ2n) is 5.90. The molecule has 0 radical (unpaired) electrons. The molecule has 2 rings (SSSR count). The first kappa shape index (κ1) is 22.1. The van der Waals surface area contributed by atoms with Crippen molar-refractivity contribution in [3.63, 3.8) is 0 Å². The number of likely N-dealkylation sites (N-methyl/N-ethyl adjacent to an activating group) is 1. The molecule has 7 nitrogen and oxygen atoms in total. The Kier molecular flexibility index (Phi) is 10.3. The van der Waals surface area contributed by atoms with E-state index in [1.807, 2.05) is 6.20 Å². The van der Waals surface area contributed by atoms with Gasteiger partial charge in [0.05, 0.1) is 12.6 Å². The molecule has 2 heterocycles. The Morgan fingerprint density at radius 2 is 2.28 bits per heavy atom. The summed E-state index contributed by atoms with van der Waals surface area (Å²) in [6.07, 6.45) is 5.28. The summed E-state index contributed by atoms with van der Waals surface area (Å²) in [4.78, 5) is 23.3. The van der Waals surface area contributed by atoms with Gasteiger partial charge in [0.2, 0.25) is 5.91 Å². The standard InChI is InChI=1S/C16H27N5O2S.HI/c1-4-13-9-17-14(24-13)10-19-16(20-11-15(22)21(2)3)18-8-12-6-5-7-23-12;/h9,12H,4-8,10-11H2,1-3H3,(H2,18,19,20);1H. The van der Waals surface area contributed by atoms with E-state index in [1.54, 1.807) is 25.4 Å². The lowest BCUT2D eigenvalue weighted by molar-refractivity contribution is -0.127. The Bertz CT molecular complexity index is 558. The highest BCUT2D eigenvalue weighted by Crippen LogP contribution is 2.13. The van der Waals surface area contributed by atoms with E-state index in [0.29, 0.717) is 19.0 Å². The summed E-state index contributed by atoms with van der Waals surface area (Å²) in [5.74, 6) is 0.588. The Morgan fingerprint density at radius 1 is 1.48 bits per heavy atom. The first-order valence-electron chi connectivity index (χ1n) is 8.36. The van der Waals surface area contributed by atoms with Crippen LogP contribution < -0.4 is 10.6 Å². The van der Waals surface area contributed by atoms with Crippen molar-refractivity contribution < 1.29 is 9.53 Å². The van der Waals surface area contributed by atoms with Gasteiger partial charge in [-0.1, -0.05) is 6.92 Å². The summed E-state index contributed by atoms with van der Waals surface area (Å²) < 4.78 is 5.62. The summed E-state index contributed by atoms with van der Waals surface area (Å²) in [7, 11) is 3.46. The van der Waals surface area contributed by atoms with Gasteiger partial charge in [-0.15, -0.1) is 35.3 Å². The van der Waals surface area contributed by atoms with Gasteiger partial charge in [-0.25, -0.2) is 9.98 Å². The number of nitrogens with zero attached hydrogens (tertiary/aromatic N) is 3. The number of carbonyl (C=O) groups is 1. The molecule has 1 amide bonds. The van der Waals surface area contributed by atoms with Crippen molar-refractivity contribution in [1.29, 1.82) is 0 Å². The van der Waals surface area contributed by atoms with Crippen LogP contribution in [0.25, 0.3) is 0 Å². The minimum absolute atomic E-state index is 0. The predicted molar refractivity (Wildman–Crippen MR) is 112 cm³/mol. The summed E-state index contributed by atoms with van der Waals surface area (Å²) in [6.45, 7) is 4.35. The number of guanidine groups is 1. The zero-order valence-electron chi connectivity index (χ0n) is 15.1. The highest BCUT2D eigenvalue weighted by molar-refractivity contribution is 14.0. The van der Waals surface area contributed by atoms with Crippen LogP contribution in [0.4, 0.5) is 0 Å². The Labute approximate surface area is 170 Å². The number of rotatable bonds is 7. The number of carbonyl (C=O) groups excluding carboxylic acids is 1. The second kappa shape index (κ2) is 11.6. The third-order valence-electron chi connectivity index (χ3n) is 3.75. The lowest BCUT2D eigenvalue weighted by Crippen LogP contribution is -2.41. The number of hydrogen-bond acceptors (Lipinski definition) is 5. The zero-order chi connectivity index (χ0) is 17.4. The number of amides is 1. The molecule has 1 aromatic rings. The highest BCUT2D eigenvalue weighted by atomic mass is 127. The number of halogens is 1. The first-order chi connectivity index (χ1) is 11.6. The third-order valence-corrected chi connectivity index (χ3v) is 4.89. The van der Waals surface area contributed by atoms with Crippen LogP contribution in [0.1, 0.15) is 29.7 Å². The number of nitrogens with one attached hydrogen (secondary N) is 2. The quantitative estimate of drug-likeness (QED) is 0.352. The van der Waals surface area contributed by atoms with Gasteiger partial charge in [0.1, 0.15) is 11.6 Å². The van der Waals surface area contributed by atoms with E-state index in [-0.39, 0.29) is 42.5 Å². The molecule has 25 heavy (non-hydrogen) atoms. The van der Waals surface area contributed by atoms with Crippen molar-refractivity contribution in [3.8, 4) is 0 Å². The first-order valence-corrected chi connectivity index (χ1v) is 9.17. The molecular weight excluding hydrogens is 453 g/mol. The molecular formula is C16H28IN5O2S. The van der Waals surface area contributed by atoms with Crippen LogP contribution in [0, 0.1) is 0 Å². The Morgan fingerprint density at radius 3 is 2.88 bits per heavy atom. The van der Waals surface area contributed by atoms with Gasteiger partial charge in [0.15, 0.2) is 5.96 Å². The summed E-state index contributed by atoms with van der Waals surface area (Å²) in [5, 5.41) is 7.53. The van der Waals surface area contributed by atoms with Crippen molar-refractivity contribution >= 4 is 47.2 Å². The van der Waals surface area contributed by atoms with Crippen LogP contribution in [0.2, 0.25) is 0 Å². The molecule has 2 N–H and O–H groups in total. The minimum Gasteiger partial charge on any atom is -0.376 e. The van der Waals surface area contributed by atoms with Crippen LogP contribution in [0.5, 0.6) is 0 Å². The maximum absolute atomic E-state index is 11.8. The van der Waals surface area contributed by atoms with Gasteiger partial charge in [0.25, 0.3) is 0 Å². The Balaban J connectivity index is 0.00000312. The molecule has 0 aromatic carbocycles. The molecule has 1 fully saturated rings. The maximum Gasteiger partial charge on any atom is 0.243 e. The molecule has 0 bridgehead atoms. The largest absolute Gasteiger partial charge is 0.376 e. The van der Waals surface area contributed by atoms with Gasteiger partial charge in [-0.05, 0) is 19.3 Å². The van der Waals surface area contributed by atoms with Crippen molar-refractivity contribution in [2.75, 3.05) is 33.8 Å². The van der Waals surface area contributed by atoms with Gasteiger partial charge in [-0.2, -0.15) is 0 Å². The fourth-order valence-electron chi connectivity index (χ4n) is 2.23. The van der Waals surface area contributed by atoms with Gasteiger partial charge in [-0.3, -0.25) is 4.79 Å². The topological polar surface area (TPSA) is 78.9 Å². The van der Waals surface area contributed by atoms with E-state index in [2.05, 4.69) is 27.5 Å². The molecule has 0 aliphatic carbocycles. The van der Waals surface area contributed by atoms with Crippen molar-refractivity contribution in [2.45, 2.75) is 38.8 Å².